The maximum Gasteiger partial charge on any atom is 1.00 e. The van der Waals surface area contributed by atoms with E-state index in [4.69, 9.17) is 5.11 Å². The van der Waals surface area contributed by atoms with E-state index in [0.29, 0.717) is 6.42 Å². The second kappa shape index (κ2) is 8.48. The first kappa shape index (κ1) is 12.2. The Kier molecular flexibility index (Phi) is 12.9. The molecule has 0 bridgehead atoms. The summed E-state index contributed by atoms with van der Waals surface area (Å²) in [6.45, 7) is -0.0754. The number of carbonyl (C=O) groups is 1. The molecule has 0 rings (SSSR count). The predicted octanol–water partition coefficient (Wildman–Crippen LogP) is -4.49. The van der Waals surface area contributed by atoms with Crippen molar-refractivity contribution in [3.63, 3.8) is 0 Å². The Balaban J connectivity index is 0. The molecule has 0 heterocycles. The van der Waals surface area contributed by atoms with E-state index in [1.54, 1.807) is 0 Å². The molecule has 0 aromatic heterocycles. The van der Waals surface area contributed by atoms with Crippen molar-refractivity contribution in [2.24, 2.45) is 0 Å². The van der Waals surface area contributed by atoms with Gasteiger partial charge in [-0.2, -0.15) is 0 Å². The molecule has 0 aliphatic heterocycles. The van der Waals surface area contributed by atoms with Crippen molar-refractivity contribution < 1.29 is 83.9 Å². The van der Waals surface area contributed by atoms with Gasteiger partial charge in [-0.15, -0.1) is 0 Å². The fraction of sp³-hybridized carbons (Fsp3) is 0.750. The van der Waals surface area contributed by atoms with Gasteiger partial charge in [-0.1, -0.05) is 0 Å². The second-order valence-electron chi connectivity index (χ2n) is 1.20. The van der Waals surface area contributed by atoms with Crippen molar-refractivity contribution in [2.45, 2.75) is 12.8 Å². The Morgan fingerprint density at radius 1 is 1.62 bits per heavy atom. The molecule has 0 atom stereocenters. The normalized spacial score (nSPS) is 7.62. The van der Waals surface area contributed by atoms with E-state index in [9.17, 15) is 9.90 Å². The minimum absolute atomic E-state index is 0. The molecule has 1 N–H and O–H groups in total. The van der Waals surface area contributed by atoms with E-state index in [-0.39, 0.29) is 81.9 Å². The van der Waals surface area contributed by atoms with Crippen LogP contribution < -0.4 is 74.0 Å². The van der Waals surface area contributed by atoms with Crippen LogP contribution in [0.3, 0.4) is 0 Å². The van der Waals surface area contributed by atoms with E-state index >= 15 is 0 Å². The first-order valence-electron chi connectivity index (χ1n) is 2.08. The molecular weight excluding hydrogens is 229 g/mol. The number of hydrogen-bond donors (Lipinski definition) is 1. The number of carboxylic acid groups (broad SMARTS) is 1. The number of carboxylic acids is 1. The van der Waals surface area contributed by atoms with Crippen LogP contribution in [0, 0.1) is 0 Å². The average Bonchev–Trinajstić information content (AvgIpc) is 1.61. The zero-order chi connectivity index (χ0) is 5.70. The summed E-state index contributed by atoms with van der Waals surface area (Å²) in [6.07, 6.45) is 0.249. The maximum absolute atomic E-state index is 9.54. The van der Waals surface area contributed by atoms with Crippen LogP contribution in [0.5, 0.6) is 0 Å². The number of hydrogen-bond acceptors (Lipinski definition) is 3. The minimum Gasteiger partial charge on any atom is -0.550 e. The van der Waals surface area contributed by atoms with Gasteiger partial charge >= 0.3 is 68.9 Å². The molecule has 0 aromatic rings. The van der Waals surface area contributed by atoms with Crippen LogP contribution in [0.25, 0.3) is 0 Å². The second-order valence-corrected chi connectivity index (χ2v) is 1.20. The predicted molar refractivity (Wildman–Crippen MR) is 21.3 cm³/mol. The number of aliphatic hydroxyl groups is 1. The molecule has 0 radical (unpaired) electrons. The van der Waals surface area contributed by atoms with E-state index in [1.807, 2.05) is 0 Å². The molecule has 0 amide bonds. The molecule has 4 heteroatoms. The maximum atomic E-state index is 9.54. The summed E-state index contributed by atoms with van der Waals surface area (Å²) in [7, 11) is 0. The third kappa shape index (κ3) is 10.5. The fourth-order valence-electron chi connectivity index (χ4n) is 0.223. The third-order valence-corrected chi connectivity index (χ3v) is 0.539. The molecule has 0 spiro atoms. The van der Waals surface area contributed by atoms with Crippen molar-refractivity contribution in [1.82, 2.24) is 0 Å². The Morgan fingerprint density at radius 2 is 2.12 bits per heavy atom. The van der Waals surface area contributed by atoms with Crippen molar-refractivity contribution in [3.8, 4) is 0 Å². The van der Waals surface area contributed by atoms with Crippen LogP contribution in [0.15, 0.2) is 0 Å². The van der Waals surface area contributed by atoms with Crippen LogP contribution in [0.1, 0.15) is 12.8 Å². The van der Waals surface area contributed by atoms with Crippen LogP contribution >= 0.6 is 0 Å². The molecule has 0 aliphatic carbocycles. The molecule has 0 fully saturated rings. The summed E-state index contributed by atoms with van der Waals surface area (Å²) in [5.74, 6) is -1.10. The van der Waals surface area contributed by atoms with Crippen molar-refractivity contribution >= 4 is 5.97 Å². The molecule has 3 nitrogen and oxygen atoms in total. The summed E-state index contributed by atoms with van der Waals surface area (Å²) < 4.78 is 0. The number of aliphatic carboxylic acids is 1. The first-order chi connectivity index (χ1) is 3.27. The van der Waals surface area contributed by atoms with E-state index in [2.05, 4.69) is 0 Å². The molecule has 0 unspecified atom stereocenters. The number of carbonyl (C=O) groups excluding carboxylic acids is 1. The zero-order valence-corrected chi connectivity index (χ0v) is 11.2. The molecule has 8 heavy (non-hydrogen) atoms. The van der Waals surface area contributed by atoms with E-state index < -0.39 is 5.97 Å². The monoisotopic (exact) mass is 236 g/mol. The van der Waals surface area contributed by atoms with E-state index in [0.717, 1.165) is 0 Å². The Bertz CT molecular complexity index is 64.3. The van der Waals surface area contributed by atoms with Gasteiger partial charge in [0.05, 0.1) is 0 Å². The van der Waals surface area contributed by atoms with Gasteiger partial charge in [0, 0.05) is 12.6 Å². The van der Waals surface area contributed by atoms with Gasteiger partial charge in [-0.05, 0) is 12.8 Å². The van der Waals surface area contributed by atoms with Gasteiger partial charge in [-0.3, -0.25) is 0 Å². The standard InChI is InChI=1S/C4H8O3.Cs/c5-3-1-2-4(6)7;/h5H,1-3H2,(H,6,7);/q;+1/p-1. The Hall–Kier alpha value is 1.48. The number of rotatable bonds is 3. The largest absolute Gasteiger partial charge is 1.00 e. The van der Waals surface area contributed by atoms with Gasteiger partial charge in [0.15, 0.2) is 0 Å². The Labute approximate surface area is 107 Å². The molecule has 0 aromatic carbocycles. The van der Waals surface area contributed by atoms with Crippen LogP contribution in [0.4, 0.5) is 0 Å². The zero-order valence-electron chi connectivity index (χ0n) is 4.89. The quantitative estimate of drug-likeness (QED) is 0.537. The van der Waals surface area contributed by atoms with Gasteiger partial charge < -0.3 is 15.0 Å². The van der Waals surface area contributed by atoms with E-state index in [1.165, 1.54) is 0 Å². The fourth-order valence-corrected chi connectivity index (χ4v) is 0.223. The van der Waals surface area contributed by atoms with Gasteiger partial charge in [0.25, 0.3) is 0 Å². The molecule has 0 saturated carbocycles. The van der Waals surface area contributed by atoms with Crippen molar-refractivity contribution in [1.29, 1.82) is 0 Å². The first-order valence-corrected chi connectivity index (χ1v) is 2.08. The molecule has 42 valence electrons. The average molecular weight is 236 g/mol. The summed E-state index contributed by atoms with van der Waals surface area (Å²) >= 11 is 0. The van der Waals surface area contributed by atoms with Gasteiger partial charge in [0.1, 0.15) is 0 Å². The third-order valence-electron chi connectivity index (χ3n) is 0.539. The van der Waals surface area contributed by atoms with Crippen LogP contribution in [-0.2, 0) is 4.79 Å². The summed E-state index contributed by atoms with van der Waals surface area (Å²) in [4.78, 5) is 9.54. The summed E-state index contributed by atoms with van der Waals surface area (Å²) in [5, 5.41) is 17.6. The Morgan fingerprint density at radius 3 is 2.25 bits per heavy atom. The van der Waals surface area contributed by atoms with Crippen LogP contribution in [-0.4, -0.2) is 17.7 Å². The minimum atomic E-state index is -1.10. The smallest absolute Gasteiger partial charge is 0.550 e. The molecule has 0 saturated heterocycles. The van der Waals surface area contributed by atoms with Crippen LogP contribution in [0.2, 0.25) is 0 Å². The van der Waals surface area contributed by atoms with Gasteiger partial charge in [-0.25, -0.2) is 0 Å². The molecule has 0 aliphatic rings. The summed E-state index contributed by atoms with van der Waals surface area (Å²) in [5.41, 5.74) is 0. The number of aliphatic hydroxyl groups excluding tert-OH is 1. The van der Waals surface area contributed by atoms with Crippen molar-refractivity contribution in [3.05, 3.63) is 0 Å². The topological polar surface area (TPSA) is 60.4 Å². The SMILES string of the molecule is O=C([O-])CCCO.[Cs+]. The summed E-state index contributed by atoms with van der Waals surface area (Å²) in [6, 6.07) is 0. The van der Waals surface area contributed by atoms with Crippen molar-refractivity contribution in [2.75, 3.05) is 6.61 Å². The van der Waals surface area contributed by atoms with Gasteiger partial charge in [0.2, 0.25) is 0 Å². The molecular formula is C4H7CsO3.